The Balaban J connectivity index is 2.11. The highest BCUT2D eigenvalue weighted by molar-refractivity contribution is 5.86. The zero-order chi connectivity index (χ0) is 15.2. The van der Waals surface area contributed by atoms with E-state index in [1.165, 1.54) is 13.4 Å². The normalized spacial score (nSPS) is 32.9. The predicted octanol–water partition coefficient (Wildman–Crippen LogP) is -0.331. The third kappa shape index (κ3) is 1.91. The number of anilines is 1. The second-order valence-electron chi connectivity index (χ2n) is 5.26. The molecule has 3 heterocycles. The van der Waals surface area contributed by atoms with Crippen molar-refractivity contribution in [2.45, 2.75) is 31.0 Å². The molecule has 0 radical (unpaired) electrons. The minimum Gasteiger partial charge on any atom is -0.394 e. The van der Waals surface area contributed by atoms with E-state index in [9.17, 15) is 10.2 Å². The van der Waals surface area contributed by atoms with Crippen LogP contribution in [0.25, 0.3) is 11.0 Å². The number of fused-ring (bicyclic) bond motifs is 1. The number of rotatable bonds is 3. The molecule has 0 bridgehead atoms. The Morgan fingerprint density at radius 3 is 2.95 bits per heavy atom. The van der Waals surface area contributed by atoms with Gasteiger partial charge in [-0.25, -0.2) is 9.97 Å². The second kappa shape index (κ2) is 4.92. The maximum atomic E-state index is 10.3. The van der Waals surface area contributed by atoms with Gasteiger partial charge in [0.1, 0.15) is 35.6 Å². The lowest BCUT2D eigenvalue weighted by molar-refractivity contribution is -0.118. The standard InChI is InChI=1S/C13H18N4O4/c1-13(20-2)9(19)8(5-18)21-12(13)17-4-3-7-10(14)15-6-16-11(7)17/h3-4,6,8-9,12,18-19H,5H2,1-2H3,(H2,14,15,16)/t8-,9-,12-,13-/m1/s1. The molecule has 0 amide bonds. The van der Waals surface area contributed by atoms with E-state index in [4.69, 9.17) is 15.2 Å². The molecule has 1 saturated heterocycles. The average Bonchev–Trinajstić information content (AvgIpc) is 3.01. The fourth-order valence-corrected chi connectivity index (χ4v) is 2.78. The van der Waals surface area contributed by atoms with Gasteiger partial charge in [0, 0.05) is 13.3 Å². The van der Waals surface area contributed by atoms with Gasteiger partial charge in [-0.1, -0.05) is 0 Å². The molecule has 2 aromatic rings. The highest BCUT2D eigenvalue weighted by Crippen LogP contribution is 2.42. The van der Waals surface area contributed by atoms with Crippen LogP contribution in [0.3, 0.4) is 0 Å². The van der Waals surface area contributed by atoms with Crippen molar-refractivity contribution in [3.05, 3.63) is 18.6 Å². The van der Waals surface area contributed by atoms with Gasteiger partial charge in [-0.15, -0.1) is 0 Å². The summed E-state index contributed by atoms with van der Waals surface area (Å²) in [6.07, 6.45) is 0.796. The molecule has 0 aliphatic carbocycles. The molecule has 8 heteroatoms. The monoisotopic (exact) mass is 294 g/mol. The van der Waals surface area contributed by atoms with Gasteiger partial charge in [0.2, 0.25) is 0 Å². The van der Waals surface area contributed by atoms with Crippen LogP contribution >= 0.6 is 0 Å². The van der Waals surface area contributed by atoms with E-state index in [1.54, 1.807) is 23.8 Å². The smallest absolute Gasteiger partial charge is 0.167 e. The number of methoxy groups -OCH3 is 1. The molecule has 1 fully saturated rings. The van der Waals surface area contributed by atoms with Crippen LogP contribution in [-0.2, 0) is 9.47 Å². The number of hydrogen-bond acceptors (Lipinski definition) is 7. The summed E-state index contributed by atoms with van der Waals surface area (Å²) in [5.41, 5.74) is 5.39. The zero-order valence-corrected chi connectivity index (χ0v) is 11.8. The average molecular weight is 294 g/mol. The highest BCUT2D eigenvalue weighted by atomic mass is 16.6. The Hall–Kier alpha value is -1.74. The number of nitrogens with zero attached hydrogens (tertiary/aromatic N) is 3. The van der Waals surface area contributed by atoms with Gasteiger partial charge >= 0.3 is 0 Å². The third-order valence-corrected chi connectivity index (χ3v) is 4.15. The van der Waals surface area contributed by atoms with Gasteiger partial charge in [-0.3, -0.25) is 0 Å². The SMILES string of the molecule is CO[C@]1(C)[C@H](O)[C@@H](CO)O[C@H]1n1ccc2c(N)ncnc21. The summed E-state index contributed by atoms with van der Waals surface area (Å²) < 4.78 is 13.0. The second-order valence-corrected chi connectivity index (χ2v) is 5.26. The van der Waals surface area contributed by atoms with Crippen LogP contribution in [-0.4, -0.2) is 56.3 Å². The van der Waals surface area contributed by atoms with E-state index in [1.807, 2.05) is 0 Å². The van der Waals surface area contributed by atoms with Crippen LogP contribution in [0.4, 0.5) is 5.82 Å². The number of nitrogens with two attached hydrogens (primary N) is 1. The maximum absolute atomic E-state index is 10.3. The van der Waals surface area contributed by atoms with Gasteiger partial charge in [0.15, 0.2) is 6.23 Å². The molecule has 21 heavy (non-hydrogen) atoms. The summed E-state index contributed by atoms with van der Waals surface area (Å²) in [4.78, 5) is 8.16. The Bertz CT molecular complexity index is 661. The highest BCUT2D eigenvalue weighted by Gasteiger charge is 2.54. The van der Waals surface area contributed by atoms with Crippen LogP contribution in [0.1, 0.15) is 13.2 Å². The van der Waals surface area contributed by atoms with Crippen LogP contribution in [0.15, 0.2) is 18.6 Å². The number of aliphatic hydroxyl groups excluding tert-OH is 2. The molecular weight excluding hydrogens is 276 g/mol. The number of ether oxygens (including phenoxy) is 2. The fourth-order valence-electron chi connectivity index (χ4n) is 2.78. The van der Waals surface area contributed by atoms with E-state index in [-0.39, 0.29) is 6.61 Å². The molecule has 4 N–H and O–H groups in total. The van der Waals surface area contributed by atoms with E-state index in [0.717, 1.165) is 0 Å². The molecule has 4 atom stereocenters. The Morgan fingerprint density at radius 2 is 2.29 bits per heavy atom. The van der Waals surface area contributed by atoms with E-state index >= 15 is 0 Å². The van der Waals surface area contributed by atoms with Gasteiger partial charge in [-0.05, 0) is 13.0 Å². The predicted molar refractivity (Wildman–Crippen MR) is 74.4 cm³/mol. The van der Waals surface area contributed by atoms with Crippen LogP contribution < -0.4 is 5.73 Å². The van der Waals surface area contributed by atoms with Crippen molar-refractivity contribution in [3.8, 4) is 0 Å². The number of hydrogen-bond donors (Lipinski definition) is 3. The zero-order valence-electron chi connectivity index (χ0n) is 11.8. The maximum Gasteiger partial charge on any atom is 0.167 e. The molecule has 114 valence electrons. The summed E-state index contributed by atoms with van der Waals surface area (Å²) in [5.74, 6) is 0.370. The summed E-state index contributed by atoms with van der Waals surface area (Å²) in [5, 5.41) is 20.4. The van der Waals surface area contributed by atoms with Gasteiger partial charge < -0.3 is 30.0 Å². The molecule has 2 aromatic heterocycles. The summed E-state index contributed by atoms with van der Waals surface area (Å²) in [7, 11) is 1.49. The van der Waals surface area contributed by atoms with Crippen LogP contribution in [0, 0.1) is 0 Å². The number of nitrogen functional groups attached to an aromatic ring is 1. The first-order valence-electron chi connectivity index (χ1n) is 6.59. The third-order valence-electron chi connectivity index (χ3n) is 4.15. The minimum absolute atomic E-state index is 0.299. The summed E-state index contributed by atoms with van der Waals surface area (Å²) >= 11 is 0. The largest absolute Gasteiger partial charge is 0.394 e. The lowest BCUT2D eigenvalue weighted by atomic mass is 9.96. The summed E-state index contributed by atoms with van der Waals surface area (Å²) in [6.45, 7) is 1.43. The van der Waals surface area contributed by atoms with Crippen molar-refractivity contribution in [2.24, 2.45) is 0 Å². The lowest BCUT2D eigenvalue weighted by Crippen LogP contribution is -2.46. The van der Waals surface area contributed by atoms with Crippen molar-refractivity contribution >= 4 is 16.9 Å². The first kappa shape index (κ1) is 14.2. The molecular formula is C13H18N4O4. The molecule has 8 nitrogen and oxygen atoms in total. The molecule has 1 aliphatic heterocycles. The molecule has 0 saturated carbocycles. The summed E-state index contributed by atoms with van der Waals surface area (Å²) in [6, 6.07) is 1.78. The van der Waals surface area contributed by atoms with Crippen molar-refractivity contribution in [1.29, 1.82) is 0 Å². The topological polar surface area (TPSA) is 116 Å². The van der Waals surface area contributed by atoms with E-state index in [2.05, 4.69) is 9.97 Å². The molecule has 1 aliphatic rings. The minimum atomic E-state index is -1.01. The molecule has 0 spiro atoms. The van der Waals surface area contributed by atoms with Gasteiger partial charge in [0.25, 0.3) is 0 Å². The molecule has 3 rings (SSSR count). The van der Waals surface area contributed by atoms with Crippen molar-refractivity contribution in [1.82, 2.24) is 14.5 Å². The fraction of sp³-hybridized carbons (Fsp3) is 0.538. The molecule has 0 aromatic carbocycles. The Morgan fingerprint density at radius 1 is 1.52 bits per heavy atom. The quantitative estimate of drug-likeness (QED) is 0.709. The van der Waals surface area contributed by atoms with E-state index in [0.29, 0.717) is 16.9 Å². The van der Waals surface area contributed by atoms with Crippen molar-refractivity contribution in [3.63, 3.8) is 0 Å². The van der Waals surface area contributed by atoms with Crippen LogP contribution in [0.5, 0.6) is 0 Å². The Kier molecular flexibility index (Phi) is 3.33. The van der Waals surface area contributed by atoms with Crippen LogP contribution in [0.2, 0.25) is 0 Å². The first-order chi connectivity index (χ1) is 10.0. The molecule has 0 unspecified atom stereocenters. The first-order valence-corrected chi connectivity index (χ1v) is 6.59. The van der Waals surface area contributed by atoms with Crippen molar-refractivity contribution in [2.75, 3.05) is 19.5 Å². The number of aliphatic hydroxyl groups is 2. The Labute approximate surface area is 121 Å². The van der Waals surface area contributed by atoms with Gasteiger partial charge in [0.05, 0.1) is 12.0 Å². The van der Waals surface area contributed by atoms with Gasteiger partial charge in [-0.2, -0.15) is 0 Å². The van der Waals surface area contributed by atoms with E-state index < -0.39 is 24.0 Å². The lowest BCUT2D eigenvalue weighted by Gasteiger charge is -2.31. The number of aromatic nitrogens is 3. The van der Waals surface area contributed by atoms with Crippen molar-refractivity contribution < 1.29 is 19.7 Å².